The van der Waals surface area contributed by atoms with Crippen molar-refractivity contribution in [2.75, 3.05) is 6.79 Å². The number of benzene rings is 2. The van der Waals surface area contributed by atoms with Gasteiger partial charge in [-0.05, 0) is 30.3 Å². The summed E-state index contributed by atoms with van der Waals surface area (Å²) < 4.78 is 10.3. The number of nitrogens with one attached hydrogen (secondary N) is 1. The van der Waals surface area contributed by atoms with E-state index in [0.717, 1.165) is 6.21 Å². The molecule has 24 heavy (non-hydrogen) atoms. The minimum absolute atomic E-state index is 0.00925. The highest BCUT2D eigenvalue weighted by Crippen LogP contribution is 2.37. The van der Waals surface area contributed by atoms with Gasteiger partial charge in [0.15, 0.2) is 11.5 Å². The molecule has 1 amide bonds. The summed E-state index contributed by atoms with van der Waals surface area (Å²) in [5.74, 6) is 0.166. The zero-order chi connectivity index (χ0) is 17.1. The standard InChI is InChI=1S/C15H11N3O6/c19-11-3-1-9(2-4-11)15(20)17-16-7-10-5-13-14(24-8-23-13)6-12(10)18(21)22/h1-7,19H,8H2,(H,17,20). The van der Waals surface area contributed by atoms with E-state index in [4.69, 9.17) is 9.47 Å². The van der Waals surface area contributed by atoms with E-state index in [2.05, 4.69) is 10.5 Å². The maximum atomic E-state index is 11.9. The van der Waals surface area contributed by atoms with Crippen LogP contribution in [-0.4, -0.2) is 28.9 Å². The smallest absolute Gasteiger partial charge is 0.282 e. The first-order chi connectivity index (χ1) is 11.5. The monoisotopic (exact) mass is 329 g/mol. The number of phenols is 1. The molecule has 0 aromatic heterocycles. The second kappa shape index (κ2) is 6.24. The predicted molar refractivity (Wildman–Crippen MR) is 82.4 cm³/mol. The normalized spacial score (nSPS) is 12.3. The number of ether oxygens (including phenoxy) is 2. The lowest BCUT2D eigenvalue weighted by Crippen LogP contribution is -2.17. The Kier molecular flexibility index (Phi) is 3.98. The molecule has 2 aromatic rings. The summed E-state index contributed by atoms with van der Waals surface area (Å²) in [6, 6.07) is 8.22. The fourth-order valence-corrected chi connectivity index (χ4v) is 2.05. The van der Waals surface area contributed by atoms with Gasteiger partial charge in [0.05, 0.1) is 22.8 Å². The summed E-state index contributed by atoms with van der Waals surface area (Å²) in [6.07, 6.45) is 1.15. The Morgan fingerprint density at radius 1 is 1.25 bits per heavy atom. The molecule has 1 aliphatic heterocycles. The quantitative estimate of drug-likeness (QED) is 0.501. The van der Waals surface area contributed by atoms with Gasteiger partial charge in [-0.15, -0.1) is 0 Å². The largest absolute Gasteiger partial charge is 0.508 e. The van der Waals surface area contributed by atoms with Gasteiger partial charge in [0.2, 0.25) is 6.79 Å². The van der Waals surface area contributed by atoms with Crippen molar-refractivity contribution >= 4 is 17.8 Å². The van der Waals surface area contributed by atoms with Crippen LogP contribution in [0.4, 0.5) is 5.69 Å². The number of aromatic hydroxyl groups is 1. The number of phenolic OH excluding ortho intramolecular Hbond substituents is 1. The molecule has 3 rings (SSSR count). The molecule has 0 spiro atoms. The summed E-state index contributed by atoms with van der Waals surface area (Å²) in [5.41, 5.74) is 2.48. The Hall–Kier alpha value is -3.62. The van der Waals surface area contributed by atoms with Crippen molar-refractivity contribution in [2.45, 2.75) is 0 Å². The molecule has 2 aromatic carbocycles. The highest BCUT2D eigenvalue weighted by atomic mass is 16.7. The van der Waals surface area contributed by atoms with Gasteiger partial charge >= 0.3 is 0 Å². The number of nitrogens with zero attached hydrogens (tertiary/aromatic N) is 2. The molecular formula is C15H11N3O6. The maximum absolute atomic E-state index is 11.9. The maximum Gasteiger partial charge on any atom is 0.282 e. The van der Waals surface area contributed by atoms with E-state index in [-0.39, 0.29) is 35.1 Å². The van der Waals surface area contributed by atoms with E-state index >= 15 is 0 Å². The highest BCUT2D eigenvalue weighted by molar-refractivity contribution is 5.95. The molecule has 0 fully saturated rings. The van der Waals surface area contributed by atoms with Crippen molar-refractivity contribution in [1.29, 1.82) is 0 Å². The molecular weight excluding hydrogens is 318 g/mol. The SMILES string of the molecule is O=C(NN=Cc1cc2c(cc1[N+](=O)[O-])OCO2)c1ccc(O)cc1. The summed E-state index contributed by atoms with van der Waals surface area (Å²) in [7, 11) is 0. The van der Waals surface area contributed by atoms with Crippen molar-refractivity contribution < 1.29 is 24.3 Å². The molecule has 0 radical (unpaired) electrons. The number of hydrogen-bond donors (Lipinski definition) is 2. The van der Waals surface area contributed by atoms with Gasteiger partial charge in [0.1, 0.15) is 5.75 Å². The first kappa shape index (κ1) is 15.3. The Morgan fingerprint density at radius 2 is 1.92 bits per heavy atom. The van der Waals surface area contributed by atoms with Crippen LogP contribution in [0.5, 0.6) is 17.2 Å². The zero-order valence-corrected chi connectivity index (χ0v) is 12.1. The van der Waals surface area contributed by atoms with Gasteiger partial charge in [-0.1, -0.05) is 0 Å². The fourth-order valence-electron chi connectivity index (χ4n) is 2.05. The van der Waals surface area contributed by atoms with Crippen LogP contribution in [0.15, 0.2) is 41.5 Å². The fraction of sp³-hybridized carbons (Fsp3) is 0.0667. The molecule has 0 atom stereocenters. The Balaban J connectivity index is 1.78. The number of hydrogen-bond acceptors (Lipinski definition) is 7. The van der Waals surface area contributed by atoms with E-state index in [1.165, 1.54) is 36.4 Å². The van der Waals surface area contributed by atoms with Crippen LogP contribution in [0, 0.1) is 10.1 Å². The Labute approximate surface area is 135 Å². The number of hydrazone groups is 1. The number of fused-ring (bicyclic) bond motifs is 1. The Bertz CT molecular complexity index is 832. The number of nitro groups is 1. The minimum atomic E-state index is -0.578. The van der Waals surface area contributed by atoms with Gasteiger partial charge in [-0.3, -0.25) is 14.9 Å². The summed E-state index contributed by atoms with van der Waals surface area (Å²) >= 11 is 0. The zero-order valence-electron chi connectivity index (χ0n) is 12.1. The first-order valence-electron chi connectivity index (χ1n) is 6.75. The molecule has 9 nitrogen and oxygen atoms in total. The highest BCUT2D eigenvalue weighted by Gasteiger charge is 2.22. The summed E-state index contributed by atoms with van der Waals surface area (Å²) in [6.45, 7) is -0.00925. The lowest BCUT2D eigenvalue weighted by Gasteiger charge is -2.02. The van der Waals surface area contributed by atoms with Gasteiger partial charge < -0.3 is 14.6 Å². The minimum Gasteiger partial charge on any atom is -0.508 e. The number of amides is 1. The van der Waals surface area contributed by atoms with Gasteiger partial charge in [-0.25, -0.2) is 5.43 Å². The molecule has 0 bridgehead atoms. The number of carbonyl (C=O) groups is 1. The lowest BCUT2D eigenvalue weighted by atomic mass is 10.1. The van der Waals surface area contributed by atoms with Crippen LogP contribution in [0.25, 0.3) is 0 Å². The van der Waals surface area contributed by atoms with Crippen LogP contribution in [0.3, 0.4) is 0 Å². The molecule has 1 aliphatic rings. The third-order valence-corrected chi connectivity index (χ3v) is 3.22. The second-order valence-corrected chi connectivity index (χ2v) is 4.77. The van der Waals surface area contributed by atoms with E-state index in [1.807, 2.05) is 0 Å². The number of carbonyl (C=O) groups excluding carboxylic acids is 1. The van der Waals surface area contributed by atoms with Crippen molar-refractivity contribution in [3.8, 4) is 17.2 Å². The molecule has 1 heterocycles. The summed E-state index contributed by atoms with van der Waals surface area (Å²) in [5, 5.41) is 24.0. The first-order valence-corrected chi connectivity index (χ1v) is 6.75. The average molecular weight is 329 g/mol. The van der Waals surface area contributed by atoms with Crippen LogP contribution in [0.2, 0.25) is 0 Å². The van der Waals surface area contributed by atoms with Crippen LogP contribution in [0.1, 0.15) is 15.9 Å². The second-order valence-electron chi connectivity index (χ2n) is 4.77. The van der Waals surface area contributed by atoms with Gasteiger partial charge in [0, 0.05) is 5.56 Å². The average Bonchev–Trinajstić information content (AvgIpc) is 3.01. The van der Waals surface area contributed by atoms with Crippen molar-refractivity contribution in [1.82, 2.24) is 5.43 Å². The molecule has 122 valence electrons. The Morgan fingerprint density at radius 3 is 2.58 bits per heavy atom. The van der Waals surface area contributed by atoms with E-state index in [1.54, 1.807) is 0 Å². The third kappa shape index (κ3) is 3.09. The topological polar surface area (TPSA) is 123 Å². The molecule has 0 saturated carbocycles. The van der Waals surface area contributed by atoms with Gasteiger partial charge in [-0.2, -0.15) is 5.10 Å². The number of rotatable bonds is 4. The lowest BCUT2D eigenvalue weighted by molar-refractivity contribution is -0.385. The number of nitro benzene ring substituents is 1. The van der Waals surface area contributed by atoms with Crippen molar-refractivity contribution in [2.24, 2.45) is 5.10 Å². The molecule has 0 saturated heterocycles. The van der Waals surface area contributed by atoms with Crippen molar-refractivity contribution in [3.63, 3.8) is 0 Å². The summed E-state index contributed by atoms with van der Waals surface area (Å²) in [4.78, 5) is 22.4. The van der Waals surface area contributed by atoms with Crippen LogP contribution < -0.4 is 14.9 Å². The van der Waals surface area contributed by atoms with E-state index in [9.17, 15) is 20.0 Å². The predicted octanol–water partition coefficient (Wildman–Crippen LogP) is 1.79. The molecule has 0 aliphatic carbocycles. The van der Waals surface area contributed by atoms with Gasteiger partial charge in [0.25, 0.3) is 11.6 Å². The molecule has 9 heteroatoms. The molecule has 0 unspecified atom stereocenters. The van der Waals surface area contributed by atoms with Crippen LogP contribution >= 0.6 is 0 Å². The third-order valence-electron chi connectivity index (χ3n) is 3.22. The van der Waals surface area contributed by atoms with E-state index < -0.39 is 10.8 Å². The molecule has 2 N–H and O–H groups in total. The van der Waals surface area contributed by atoms with E-state index in [0.29, 0.717) is 5.75 Å². The van der Waals surface area contributed by atoms with Crippen molar-refractivity contribution in [3.05, 3.63) is 57.6 Å². The van der Waals surface area contributed by atoms with Crippen LogP contribution in [-0.2, 0) is 0 Å².